The van der Waals surface area contributed by atoms with Crippen LogP contribution >= 0.6 is 11.6 Å². The summed E-state index contributed by atoms with van der Waals surface area (Å²) in [6.45, 7) is 0. The lowest BCUT2D eigenvalue weighted by Gasteiger charge is -2.23. The average Bonchev–Trinajstić information content (AvgIpc) is 3.15. The van der Waals surface area contributed by atoms with Crippen LogP contribution < -0.4 is 0 Å². The Kier molecular flexibility index (Phi) is 3.35. The fraction of sp³-hybridized carbons (Fsp3) is 0.385. The Bertz CT molecular complexity index is 459. The van der Waals surface area contributed by atoms with E-state index in [2.05, 4.69) is 6.07 Å². The van der Waals surface area contributed by atoms with Gasteiger partial charge in [-0.05, 0) is 30.5 Å². The van der Waals surface area contributed by atoms with E-state index in [4.69, 9.17) is 11.6 Å². The summed E-state index contributed by atoms with van der Waals surface area (Å²) in [7, 11) is 1.68. The molecule has 0 bridgehead atoms. The standard InChI is InChI=1S/C13H13ClN2O/c1-16(13(17)10-2-3-10)12(8-15)9-4-6-11(14)7-5-9/h4-7,10,12H,2-3H2,1H3. The third-order valence-corrected chi connectivity index (χ3v) is 3.22. The number of amides is 1. The third-order valence-electron chi connectivity index (χ3n) is 2.97. The first-order valence-electron chi connectivity index (χ1n) is 5.55. The van der Waals surface area contributed by atoms with Crippen molar-refractivity contribution in [3.63, 3.8) is 0 Å². The molecule has 0 N–H and O–H groups in total. The highest BCUT2D eigenvalue weighted by Crippen LogP contribution is 2.33. The van der Waals surface area contributed by atoms with Gasteiger partial charge in [0.15, 0.2) is 0 Å². The summed E-state index contributed by atoms with van der Waals surface area (Å²) < 4.78 is 0. The van der Waals surface area contributed by atoms with Crippen LogP contribution in [-0.2, 0) is 4.79 Å². The van der Waals surface area contributed by atoms with Gasteiger partial charge in [-0.3, -0.25) is 4.79 Å². The van der Waals surface area contributed by atoms with E-state index in [0.717, 1.165) is 18.4 Å². The van der Waals surface area contributed by atoms with Gasteiger partial charge in [0, 0.05) is 18.0 Å². The zero-order valence-electron chi connectivity index (χ0n) is 9.56. The average molecular weight is 249 g/mol. The molecule has 3 nitrogen and oxygen atoms in total. The molecule has 1 aromatic rings. The van der Waals surface area contributed by atoms with E-state index in [1.807, 2.05) is 0 Å². The Morgan fingerprint density at radius 3 is 2.53 bits per heavy atom. The van der Waals surface area contributed by atoms with E-state index in [0.29, 0.717) is 5.02 Å². The van der Waals surface area contributed by atoms with Crippen LogP contribution in [0.5, 0.6) is 0 Å². The summed E-state index contributed by atoms with van der Waals surface area (Å²) in [5.74, 6) is 0.189. The first-order chi connectivity index (χ1) is 8.13. The maximum atomic E-state index is 11.9. The predicted octanol–water partition coefficient (Wildman–Crippen LogP) is 2.77. The minimum Gasteiger partial charge on any atom is -0.326 e. The molecule has 17 heavy (non-hydrogen) atoms. The van der Waals surface area contributed by atoms with Gasteiger partial charge in [0.2, 0.25) is 5.91 Å². The molecule has 1 fully saturated rings. The predicted molar refractivity (Wildman–Crippen MR) is 65.3 cm³/mol. The molecule has 0 heterocycles. The Balaban J connectivity index is 2.18. The number of nitrogens with zero attached hydrogens (tertiary/aromatic N) is 2. The molecule has 0 saturated heterocycles. The van der Waals surface area contributed by atoms with Gasteiger partial charge in [0.05, 0.1) is 6.07 Å². The van der Waals surface area contributed by atoms with Crippen LogP contribution in [0.25, 0.3) is 0 Å². The molecule has 4 heteroatoms. The van der Waals surface area contributed by atoms with Crippen LogP contribution in [0.15, 0.2) is 24.3 Å². The summed E-state index contributed by atoms with van der Waals surface area (Å²) in [6, 6.07) is 8.67. The van der Waals surface area contributed by atoms with Crippen molar-refractivity contribution in [2.24, 2.45) is 5.92 Å². The summed E-state index contributed by atoms with van der Waals surface area (Å²) in [6.07, 6.45) is 1.89. The third kappa shape index (κ3) is 2.59. The maximum Gasteiger partial charge on any atom is 0.226 e. The molecule has 88 valence electrons. The van der Waals surface area contributed by atoms with Gasteiger partial charge in [0.1, 0.15) is 6.04 Å². The molecule has 1 saturated carbocycles. The van der Waals surface area contributed by atoms with Crippen molar-refractivity contribution < 1.29 is 4.79 Å². The van der Waals surface area contributed by atoms with Gasteiger partial charge in [-0.15, -0.1) is 0 Å². The summed E-state index contributed by atoms with van der Waals surface area (Å²) in [4.78, 5) is 13.4. The maximum absolute atomic E-state index is 11.9. The molecule has 1 atom stereocenters. The molecule has 1 aromatic carbocycles. The van der Waals surface area contributed by atoms with Crippen molar-refractivity contribution in [3.05, 3.63) is 34.9 Å². The van der Waals surface area contributed by atoms with E-state index >= 15 is 0 Å². The van der Waals surface area contributed by atoms with Crippen LogP contribution in [0.1, 0.15) is 24.4 Å². The van der Waals surface area contributed by atoms with Crippen LogP contribution in [-0.4, -0.2) is 17.9 Å². The molecule has 1 amide bonds. The first-order valence-corrected chi connectivity index (χ1v) is 5.93. The molecule has 1 aliphatic rings. The highest BCUT2D eigenvalue weighted by atomic mass is 35.5. The molecule has 0 aliphatic heterocycles. The SMILES string of the molecule is CN(C(=O)C1CC1)C(C#N)c1ccc(Cl)cc1. The van der Waals surface area contributed by atoms with Crippen molar-refractivity contribution in [3.8, 4) is 6.07 Å². The lowest BCUT2D eigenvalue weighted by atomic mass is 10.1. The normalized spacial score (nSPS) is 16.1. The number of rotatable bonds is 3. The van der Waals surface area contributed by atoms with Gasteiger partial charge in [-0.2, -0.15) is 5.26 Å². The smallest absolute Gasteiger partial charge is 0.226 e. The van der Waals surface area contributed by atoms with E-state index in [1.165, 1.54) is 4.90 Å². The Morgan fingerprint density at radius 1 is 1.47 bits per heavy atom. The second kappa shape index (κ2) is 4.77. The molecule has 0 aromatic heterocycles. The number of halogens is 1. The van der Waals surface area contributed by atoms with Gasteiger partial charge < -0.3 is 4.90 Å². The lowest BCUT2D eigenvalue weighted by Crippen LogP contribution is -2.31. The quantitative estimate of drug-likeness (QED) is 0.826. The second-order valence-corrected chi connectivity index (χ2v) is 4.74. The molecule has 0 radical (unpaired) electrons. The van der Waals surface area contributed by atoms with Crippen molar-refractivity contribution >= 4 is 17.5 Å². The van der Waals surface area contributed by atoms with Crippen LogP contribution in [0.2, 0.25) is 5.02 Å². The minimum absolute atomic E-state index is 0.0616. The summed E-state index contributed by atoms with van der Waals surface area (Å²) >= 11 is 5.80. The lowest BCUT2D eigenvalue weighted by molar-refractivity contribution is -0.132. The topological polar surface area (TPSA) is 44.1 Å². The van der Waals surface area contributed by atoms with Crippen molar-refractivity contribution in [1.82, 2.24) is 4.90 Å². The van der Waals surface area contributed by atoms with Crippen LogP contribution in [0, 0.1) is 17.2 Å². The minimum atomic E-state index is -0.527. The van der Waals surface area contributed by atoms with Crippen molar-refractivity contribution in [2.45, 2.75) is 18.9 Å². The van der Waals surface area contributed by atoms with Gasteiger partial charge in [-0.1, -0.05) is 23.7 Å². The Labute approximate surface area is 106 Å². The molecular formula is C13H13ClN2O. The van der Waals surface area contributed by atoms with E-state index in [9.17, 15) is 10.1 Å². The van der Waals surface area contributed by atoms with Gasteiger partial charge in [-0.25, -0.2) is 0 Å². The monoisotopic (exact) mass is 248 g/mol. The molecular weight excluding hydrogens is 236 g/mol. The largest absolute Gasteiger partial charge is 0.326 e. The highest BCUT2D eigenvalue weighted by molar-refractivity contribution is 6.30. The van der Waals surface area contributed by atoms with Crippen molar-refractivity contribution in [1.29, 1.82) is 5.26 Å². The summed E-state index contributed by atoms with van der Waals surface area (Å²) in [5.41, 5.74) is 0.799. The number of nitriles is 1. The van der Waals surface area contributed by atoms with Crippen LogP contribution in [0.4, 0.5) is 0 Å². The number of hydrogen-bond acceptors (Lipinski definition) is 2. The second-order valence-electron chi connectivity index (χ2n) is 4.31. The van der Waals surface area contributed by atoms with Crippen molar-refractivity contribution in [2.75, 3.05) is 7.05 Å². The van der Waals surface area contributed by atoms with Gasteiger partial charge >= 0.3 is 0 Å². The van der Waals surface area contributed by atoms with E-state index in [-0.39, 0.29) is 11.8 Å². The molecule has 1 aliphatic carbocycles. The number of carbonyl (C=O) groups excluding carboxylic acids is 1. The summed E-state index contributed by atoms with van der Waals surface area (Å²) in [5, 5.41) is 9.82. The molecule has 0 spiro atoms. The fourth-order valence-corrected chi connectivity index (χ4v) is 1.90. The number of carbonyl (C=O) groups is 1. The Hall–Kier alpha value is -1.53. The zero-order chi connectivity index (χ0) is 12.4. The molecule has 2 rings (SSSR count). The van der Waals surface area contributed by atoms with Gasteiger partial charge in [0.25, 0.3) is 0 Å². The molecule has 1 unspecified atom stereocenters. The van der Waals surface area contributed by atoms with E-state index in [1.54, 1.807) is 31.3 Å². The first kappa shape index (κ1) is 11.9. The number of hydrogen-bond donors (Lipinski definition) is 0. The highest BCUT2D eigenvalue weighted by Gasteiger charge is 2.34. The number of benzene rings is 1. The zero-order valence-corrected chi connectivity index (χ0v) is 10.3. The van der Waals surface area contributed by atoms with E-state index < -0.39 is 6.04 Å². The van der Waals surface area contributed by atoms with Crippen LogP contribution in [0.3, 0.4) is 0 Å². The fourth-order valence-electron chi connectivity index (χ4n) is 1.78. The Morgan fingerprint density at radius 2 is 2.06 bits per heavy atom.